The van der Waals surface area contributed by atoms with E-state index in [-0.39, 0.29) is 6.04 Å². The van der Waals surface area contributed by atoms with Crippen molar-refractivity contribution in [3.05, 3.63) is 30.2 Å². The molecule has 2 aromatic heterocycles. The van der Waals surface area contributed by atoms with Gasteiger partial charge in [0.25, 0.3) is 0 Å². The normalized spacial score (nSPS) is 19.9. The maximum atomic E-state index is 4.33. The average Bonchev–Trinajstić information content (AvgIpc) is 3.08. The Hall–Kier alpha value is -1.42. The Bertz CT molecular complexity index is 542. The molecule has 0 aromatic carbocycles. The van der Waals surface area contributed by atoms with Gasteiger partial charge in [-0.25, -0.2) is 0 Å². The molecule has 4 heteroatoms. The molecule has 0 saturated heterocycles. The summed E-state index contributed by atoms with van der Waals surface area (Å²) in [5, 5.41) is 12.2. The standard InChI is InChI=1S/C15H22N4/c1-11(13-7-3-4-8-13)16-12(2)15-18-17-14-9-5-6-10-19(14)15/h5-6,9-13,16H,3-4,7-8H2,1-2H3. The smallest absolute Gasteiger partial charge is 0.160 e. The lowest BCUT2D eigenvalue weighted by molar-refractivity contribution is 0.346. The maximum absolute atomic E-state index is 4.33. The Morgan fingerprint density at radius 3 is 2.79 bits per heavy atom. The Morgan fingerprint density at radius 2 is 2.00 bits per heavy atom. The number of hydrogen-bond acceptors (Lipinski definition) is 3. The van der Waals surface area contributed by atoms with Crippen LogP contribution in [0.25, 0.3) is 5.65 Å². The van der Waals surface area contributed by atoms with Crippen LogP contribution in [0.4, 0.5) is 0 Å². The van der Waals surface area contributed by atoms with Crippen molar-refractivity contribution < 1.29 is 0 Å². The Morgan fingerprint density at radius 1 is 1.21 bits per heavy atom. The maximum Gasteiger partial charge on any atom is 0.160 e. The van der Waals surface area contributed by atoms with Crippen molar-refractivity contribution in [1.82, 2.24) is 19.9 Å². The summed E-state index contributed by atoms with van der Waals surface area (Å²) in [6, 6.07) is 6.78. The van der Waals surface area contributed by atoms with E-state index >= 15 is 0 Å². The molecule has 102 valence electrons. The van der Waals surface area contributed by atoms with Gasteiger partial charge in [-0.05, 0) is 44.7 Å². The molecule has 2 heterocycles. The number of nitrogens with zero attached hydrogens (tertiary/aromatic N) is 3. The highest BCUT2D eigenvalue weighted by molar-refractivity contribution is 5.37. The summed E-state index contributed by atoms with van der Waals surface area (Å²) in [5.74, 6) is 1.82. The van der Waals surface area contributed by atoms with E-state index in [2.05, 4.69) is 33.8 Å². The van der Waals surface area contributed by atoms with Crippen LogP contribution in [0.2, 0.25) is 0 Å². The fraction of sp³-hybridized carbons (Fsp3) is 0.600. The van der Waals surface area contributed by atoms with E-state index < -0.39 is 0 Å². The van der Waals surface area contributed by atoms with Crippen molar-refractivity contribution >= 4 is 5.65 Å². The van der Waals surface area contributed by atoms with Crippen molar-refractivity contribution in [2.75, 3.05) is 0 Å². The summed E-state index contributed by atoms with van der Waals surface area (Å²) in [7, 11) is 0. The van der Waals surface area contributed by atoms with Gasteiger partial charge in [-0.15, -0.1) is 10.2 Å². The van der Waals surface area contributed by atoms with Gasteiger partial charge in [0.2, 0.25) is 0 Å². The fourth-order valence-electron chi connectivity index (χ4n) is 3.22. The third kappa shape index (κ3) is 2.50. The van der Waals surface area contributed by atoms with Crippen LogP contribution in [0.3, 0.4) is 0 Å². The van der Waals surface area contributed by atoms with Crippen LogP contribution in [0.1, 0.15) is 51.4 Å². The molecule has 3 rings (SSSR count). The number of fused-ring (bicyclic) bond motifs is 1. The first-order chi connectivity index (χ1) is 9.25. The molecule has 1 aliphatic rings. The third-order valence-corrected chi connectivity index (χ3v) is 4.35. The Kier molecular flexibility index (Phi) is 3.51. The number of rotatable bonds is 4. The summed E-state index contributed by atoms with van der Waals surface area (Å²) in [4.78, 5) is 0. The van der Waals surface area contributed by atoms with Gasteiger partial charge in [0.15, 0.2) is 11.5 Å². The van der Waals surface area contributed by atoms with Gasteiger partial charge in [-0.2, -0.15) is 0 Å². The molecule has 1 N–H and O–H groups in total. The molecule has 19 heavy (non-hydrogen) atoms. The van der Waals surface area contributed by atoms with Gasteiger partial charge < -0.3 is 5.32 Å². The van der Waals surface area contributed by atoms with Crippen molar-refractivity contribution in [3.8, 4) is 0 Å². The molecular weight excluding hydrogens is 236 g/mol. The van der Waals surface area contributed by atoms with Crippen LogP contribution in [0.15, 0.2) is 24.4 Å². The second-order valence-corrected chi connectivity index (χ2v) is 5.71. The summed E-state index contributed by atoms with van der Waals surface area (Å²) in [6.07, 6.45) is 7.53. The molecule has 2 aromatic rings. The molecule has 4 nitrogen and oxygen atoms in total. The second-order valence-electron chi connectivity index (χ2n) is 5.71. The van der Waals surface area contributed by atoms with Crippen LogP contribution in [-0.4, -0.2) is 20.6 Å². The minimum Gasteiger partial charge on any atom is -0.305 e. The fourth-order valence-corrected chi connectivity index (χ4v) is 3.22. The zero-order valence-electron chi connectivity index (χ0n) is 11.7. The minimum atomic E-state index is 0.230. The third-order valence-electron chi connectivity index (χ3n) is 4.35. The lowest BCUT2D eigenvalue weighted by atomic mass is 9.99. The van der Waals surface area contributed by atoms with E-state index in [1.165, 1.54) is 25.7 Å². The predicted octanol–water partition coefficient (Wildman–Crippen LogP) is 2.96. The van der Waals surface area contributed by atoms with E-state index in [1.54, 1.807) is 0 Å². The van der Waals surface area contributed by atoms with Gasteiger partial charge in [0, 0.05) is 12.2 Å². The van der Waals surface area contributed by atoms with Crippen molar-refractivity contribution in [3.63, 3.8) is 0 Å². The molecule has 0 spiro atoms. The van der Waals surface area contributed by atoms with Gasteiger partial charge in [-0.1, -0.05) is 18.9 Å². The van der Waals surface area contributed by atoms with Gasteiger partial charge >= 0.3 is 0 Å². The number of aromatic nitrogens is 3. The molecule has 0 bridgehead atoms. The first-order valence-corrected chi connectivity index (χ1v) is 7.31. The summed E-state index contributed by atoms with van der Waals surface area (Å²) < 4.78 is 2.07. The van der Waals surface area contributed by atoms with Crippen molar-refractivity contribution in [2.24, 2.45) is 5.92 Å². The summed E-state index contributed by atoms with van der Waals surface area (Å²) in [6.45, 7) is 4.48. The first kappa shape index (κ1) is 12.6. The van der Waals surface area contributed by atoms with Crippen LogP contribution < -0.4 is 5.32 Å². The first-order valence-electron chi connectivity index (χ1n) is 7.31. The Labute approximate surface area is 114 Å². The van der Waals surface area contributed by atoms with Gasteiger partial charge in [-0.3, -0.25) is 4.40 Å². The summed E-state index contributed by atoms with van der Waals surface area (Å²) in [5.41, 5.74) is 0.916. The highest BCUT2D eigenvalue weighted by atomic mass is 15.3. The molecule has 1 saturated carbocycles. The zero-order chi connectivity index (χ0) is 13.2. The lowest BCUT2D eigenvalue weighted by Gasteiger charge is -2.24. The largest absolute Gasteiger partial charge is 0.305 e. The van der Waals surface area contributed by atoms with E-state index in [0.717, 1.165) is 17.4 Å². The summed E-state index contributed by atoms with van der Waals surface area (Å²) >= 11 is 0. The molecule has 0 radical (unpaired) electrons. The lowest BCUT2D eigenvalue weighted by Crippen LogP contribution is -2.35. The Balaban J connectivity index is 1.74. The molecule has 1 aliphatic carbocycles. The SMILES string of the molecule is CC(NC(C)C1CCCC1)c1nnc2ccccn12. The average molecular weight is 258 g/mol. The van der Waals surface area contributed by atoms with Crippen LogP contribution >= 0.6 is 0 Å². The van der Waals surface area contributed by atoms with Crippen LogP contribution in [0, 0.1) is 5.92 Å². The van der Waals surface area contributed by atoms with E-state index in [4.69, 9.17) is 0 Å². The molecule has 2 unspecified atom stereocenters. The number of nitrogens with one attached hydrogen (secondary N) is 1. The molecule has 1 fully saturated rings. The highest BCUT2D eigenvalue weighted by Crippen LogP contribution is 2.28. The quantitative estimate of drug-likeness (QED) is 0.916. The van der Waals surface area contributed by atoms with Crippen molar-refractivity contribution in [2.45, 2.75) is 51.6 Å². The number of pyridine rings is 1. The minimum absolute atomic E-state index is 0.230. The molecule has 0 amide bonds. The van der Waals surface area contributed by atoms with Gasteiger partial charge in [0.05, 0.1) is 6.04 Å². The van der Waals surface area contributed by atoms with E-state index in [9.17, 15) is 0 Å². The molecular formula is C15H22N4. The van der Waals surface area contributed by atoms with Crippen molar-refractivity contribution in [1.29, 1.82) is 0 Å². The molecule has 2 atom stereocenters. The van der Waals surface area contributed by atoms with E-state index in [0.29, 0.717) is 6.04 Å². The van der Waals surface area contributed by atoms with Crippen LogP contribution in [0.5, 0.6) is 0 Å². The number of hydrogen-bond donors (Lipinski definition) is 1. The monoisotopic (exact) mass is 258 g/mol. The van der Waals surface area contributed by atoms with Crippen LogP contribution in [-0.2, 0) is 0 Å². The topological polar surface area (TPSA) is 42.2 Å². The highest BCUT2D eigenvalue weighted by Gasteiger charge is 2.24. The zero-order valence-corrected chi connectivity index (χ0v) is 11.7. The van der Waals surface area contributed by atoms with Gasteiger partial charge in [0.1, 0.15) is 0 Å². The second kappa shape index (κ2) is 5.29. The predicted molar refractivity (Wildman–Crippen MR) is 76.0 cm³/mol. The molecule has 0 aliphatic heterocycles. The van der Waals surface area contributed by atoms with E-state index in [1.807, 2.05) is 24.4 Å².